The molecule has 2 aromatic heterocycles. The number of nitrogens with one attached hydrogen (secondary N) is 1. The molecule has 0 saturated heterocycles. The second-order valence-electron chi connectivity index (χ2n) is 7.62. The van der Waals surface area contributed by atoms with Gasteiger partial charge in [0.25, 0.3) is 5.91 Å². The van der Waals surface area contributed by atoms with Crippen LogP contribution in [0.5, 0.6) is 0 Å². The molecule has 0 radical (unpaired) electrons. The topological polar surface area (TPSA) is 76.2 Å². The average Bonchev–Trinajstić information content (AvgIpc) is 3.28. The molecule has 0 aliphatic heterocycles. The van der Waals surface area contributed by atoms with Crippen LogP contribution in [0.15, 0.2) is 47.1 Å². The molecule has 0 amide bonds. The number of furan rings is 1. The number of hydrogen-bond donors (Lipinski definition) is 1. The number of aromatic nitrogens is 3. The lowest BCUT2D eigenvalue weighted by Gasteiger charge is -2.17. The summed E-state index contributed by atoms with van der Waals surface area (Å²) in [5.41, 5.74) is 1.63. The number of benzene rings is 1. The van der Waals surface area contributed by atoms with Gasteiger partial charge in [-0.15, -0.1) is 5.10 Å². The number of rotatable bonds is 5. The van der Waals surface area contributed by atoms with Crippen LogP contribution in [-0.2, 0) is 6.54 Å². The summed E-state index contributed by atoms with van der Waals surface area (Å²) in [4.78, 5) is 19.3. The Labute approximate surface area is 159 Å². The van der Waals surface area contributed by atoms with Gasteiger partial charge in [-0.05, 0) is 29.8 Å². The third kappa shape index (κ3) is 4.19. The van der Waals surface area contributed by atoms with E-state index in [4.69, 9.17) is 4.42 Å². The number of nitrogens with zero attached hydrogens (tertiary/aromatic N) is 4. The minimum Gasteiger partial charge on any atom is -0.461 e. The summed E-state index contributed by atoms with van der Waals surface area (Å²) in [6.45, 7) is 6.09. The standard InChI is InChI=1S/C20H25N5O2/c1-20(2,3)18(26)25-19(22-17(23-25)16-7-6-12-27-16)21-13-14-8-10-15(11-9-14)24(4)5/h6-12H,13H2,1-5H3,(H,21,22,23). The van der Waals surface area contributed by atoms with Gasteiger partial charge in [0.05, 0.1) is 6.26 Å². The van der Waals surface area contributed by atoms with E-state index in [1.165, 1.54) is 4.68 Å². The molecule has 142 valence electrons. The van der Waals surface area contributed by atoms with Crippen molar-refractivity contribution in [2.24, 2.45) is 5.41 Å². The van der Waals surface area contributed by atoms with Crippen LogP contribution in [0.2, 0.25) is 0 Å². The van der Waals surface area contributed by atoms with Crippen molar-refractivity contribution in [1.29, 1.82) is 0 Å². The molecule has 1 N–H and O–H groups in total. The Bertz CT molecular complexity index is 903. The molecule has 0 atom stereocenters. The lowest BCUT2D eigenvalue weighted by molar-refractivity contribution is 0.0752. The molecule has 3 aromatic rings. The Kier molecular flexibility index (Phi) is 5.03. The Morgan fingerprint density at radius 3 is 2.44 bits per heavy atom. The van der Waals surface area contributed by atoms with Crippen molar-refractivity contribution in [3.63, 3.8) is 0 Å². The third-order valence-corrected chi connectivity index (χ3v) is 4.09. The maximum absolute atomic E-state index is 12.8. The molecule has 27 heavy (non-hydrogen) atoms. The van der Waals surface area contributed by atoms with E-state index in [1.807, 2.05) is 51.9 Å². The van der Waals surface area contributed by atoms with Gasteiger partial charge >= 0.3 is 0 Å². The summed E-state index contributed by atoms with van der Waals surface area (Å²) in [6.07, 6.45) is 1.56. The molecule has 0 fully saturated rings. The zero-order chi connectivity index (χ0) is 19.6. The van der Waals surface area contributed by atoms with Crippen molar-refractivity contribution in [3.05, 3.63) is 48.2 Å². The number of hydrogen-bond acceptors (Lipinski definition) is 6. The molecule has 0 aliphatic rings. The van der Waals surface area contributed by atoms with Crippen LogP contribution in [-0.4, -0.2) is 34.8 Å². The first-order valence-corrected chi connectivity index (χ1v) is 8.81. The summed E-state index contributed by atoms with van der Waals surface area (Å²) in [6, 6.07) is 11.7. The molecule has 3 rings (SSSR count). The van der Waals surface area contributed by atoms with Gasteiger partial charge in [0.2, 0.25) is 11.8 Å². The second-order valence-corrected chi connectivity index (χ2v) is 7.62. The van der Waals surface area contributed by atoms with Crippen molar-refractivity contribution in [3.8, 4) is 11.6 Å². The first kappa shape index (κ1) is 18.7. The molecule has 0 aliphatic carbocycles. The van der Waals surface area contributed by atoms with E-state index in [1.54, 1.807) is 18.4 Å². The van der Waals surface area contributed by atoms with Crippen molar-refractivity contribution >= 4 is 17.5 Å². The van der Waals surface area contributed by atoms with Gasteiger partial charge in [-0.25, -0.2) is 0 Å². The fourth-order valence-electron chi connectivity index (χ4n) is 2.49. The highest BCUT2D eigenvalue weighted by Crippen LogP contribution is 2.23. The lowest BCUT2D eigenvalue weighted by atomic mass is 9.96. The van der Waals surface area contributed by atoms with Crippen LogP contribution in [0.25, 0.3) is 11.6 Å². The molecular formula is C20H25N5O2. The van der Waals surface area contributed by atoms with Gasteiger partial charge in [-0.3, -0.25) is 4.79 Å². The minimum absolute atomic E-state index is 0.140. The van der Waals surface area contributed by atoms with Crippen LogP contribution in [0, 0.1) is 5.41 Å². The van der Waals surface area contributed by atoms with Gasteiger partial charge in [0.15, 0.2) is 5.76 Å². The fraction of sp³-hybridized carbons (Fsp3) is 0.350. The molecule has 0 saturated carbocycles. The maximum Gasteiger partial charge on any atom is 0.255 e. The van der Waals surface area contributed by atoms with Crippen molar-refractivity contribution in [2.75, 3.05) is 24.3 Å². The Balaban J connectivity index is 1.85. The molecule has 1 aromatic carbocycles. The van der Waals surface area contributed by atoms with Crippen LogP contribution in [0.3, 0.4) is 0 Å². The van der Waals surface area contributed by atoms with E-state index in [9.17, 15) is 4.79 Å². The zero-order valence-corrected chi connectivity index (χ0v) is 16.4. The van der Waals surface area contributed by atoms with E-state index >= 15 is 0 Å². The van der Waals surface area contributed by atoms with Crippen LogP contribution in [0.4, 0.5) is 11.6 Å². The van der Waals surface area contributed by atoms with E-state index in [-0.39, 0.29) is 5.91 Å². The van der Waals surface area contributed by atoms with Gasteiger partial charge in [0, 0.05) is 31.7 Å². The summed E-state index contributed by atoms with van der Waals surface area (Å²) in [5.74, 6) is 1.16. The van der Waals surface area contributed by atoms with E-state index in [2.05, 4.69) is 27.5 Å². The van der Waals surface area contributed by atoms with Crippen molar-refractivity contribution in [1.82, 2.24) is 14.8 Å². The van der Waals surface area contributed by atoms with Gasteiger partial charge in [0.1, 0.15) is 0 Å². The SMILES string of the molecule is CN(C)c1ccc(CNc2nc(-c3ccco3)nn2C(=O)C(C)(C)C)cc1. The van der Waals surface area contributed by atoms with Crippen molar-refractivity contribution in [2.45, 2.75) is 27.3 Å². The Hall–Kier alpha value is -3.09. The molecule has 2 heterocycles. The molecule has 0 bridgehead atoms. The Morgan fingerprint density at radius 1 is 1.19 bits per heavy atom. The van der Waals surface area contributed by atoms with Crippen LogP contribution < -0.4 is 10.2 Å². The smallest absolute Gasteiger partial charge is 0.255 e. The van der Waals surface area contributed by atoms with E-state index in [0.717, 1.165) is 11.3 Å². The first-order chi connectivity index (χ1) is 12.8. The number of carbonyl (C=O) groups excluding carboxylic acids is 1. The van der Waals surface area contributed by atoms with Crippen molar-refractivity contribution < 1.29 is 9.21 Å². The molecule has 0 spiro atoms. The van der Waals surface area contributed by atoms with Gasteiger partial charge < -0.3 is 14.6 Å². The third-order valence-electron chi connectivity index (χ3n) is 4.09. The first-order valence-electron chi connectivity index (χ1n) is 8.81. The molecular weight excluding hydrogens is 342 g/mol. The number of carbonyl (C=O) groups is 1. The van der Waals surface area contributed by atoms with E-state index < -0.39 is 5.41 Å². The predicted molar refractivity (Wildman–Crippen MR) is 106 cm³/mol. The molecule has 7 heteroatoms. The Morgan fingerprint density at radius 2 is 1.89 bits per heavy atom. The largest absolute Gasteiger partial charge is 0.461 e. The zero-order valence-electron chi connectivity index (χ0n) is 16.4. The second kappa shape index (κ2) is 7.26. The minimum atomic E-state index is -0.585. The lowest BCUT2D eigenvalue weighted by Crippen LogP contribution is -2.29. The average molecular weight is 367 g/mol. The quantitative estimate of drug-likeness (QED) is 0.737. The fourth-order valence-corrected chi connectivity index (χ4v) is 2.49. The molecule has 7 nitrogen and oxygen atoms in total. The number of anilines is 2. The highest BCUT2D eigenvalue weighted by molar-refractivity contribution is 5.85. The summed E-state index contributed by atoms with van der Waals surface area (Å²) < 4.78 is 6.69. The summed E-state index contributed by atoms with van der Waals surface area (Å²) in [5, 5.41) is 7.59. The predicted octanol–water partition coefficient (Wildman–Crippen LogP) is 3.90. The van der Waals surface area contributed by atoms with Gasteiger partial charge in [-0.2, -0.15) is 9.67 Å². The maximum atomic E-state index is 12.8. The van der Waals surface area contributed by atoms with E-state index in [0.29, 0.717) is 24.1 Å². The summed E-state index contributed by atoms with van der Waals surface area (Å²) in [7, 11) is 4.01. The van der Waals surface area contributed by atoms with Crippen LogP contribution in [0.1, 0.15) is 31.1 Å². The monoisotopic (exact) mass is 367 g/mol. The highest BCUT2D eigenvalue weighted by Gasteiger charge is 2.28. The van der Waals surface area contributed by atoms with Gasteiger partial charge in [-0.1, -0.05) is 32.9 Å². The highest BCUT2D eigenvalue weighted by atomic mass is 16.3. The van der Waals surface area contributed by atoms with Crippen LogP contribution >= 0.6 is 0 Å². The normalized spacial score (nSPS) is 11.4. The molecule has 0 unspecified atom stereocenters. The summed E-state index contributed by atoms with van der Waals surface area (Å²) >= 11 is 0.